The van der Waals surface area contributed by atoms with Crippen LogP contribution in [0.3, 0.4) is 0 Å². The van der Waals surface area contributed by atoms with Crippen molar-refractivity contribution in [3.8, 4) is 5.75 Å². The fourth-order valence-corrected chi connectivity index (χ4v) is 3.88. The number of ether oxygens (including phenoxy) is 2. The number of carbonyl (C=O) groups is 3. The van der Waals surface area contributed by atoms with E-state index >= 15 is 0 Å². The van der Waals surface area contributed by atoms with Gasteiger partial charge in [0.25, 0.3) is 5.91 Å². The Morgan fingerprint density at radius 3 is 2.48 bits per heavy atom. The average Bonchev–Trinajstić information content (AvgIpc) is 3.06. The second-order valence-corrected chi connectivity index (χ2v) is 7.66. The third kappa shape index (κ3) is 4.95. The van der Waals surface area contributed by atoms with Crippen LogP contribution in [0.15, 0.2) is 48.8 Å². The monoisotopic (exact) mass is 449 g/mol. The minimum atomic E-state index is -0.517. The van der Waals surface area contributed by atoms with Crippen molar-refractivity contribution in [2.24, 2.45) is 7.05 Å². The summed E-state index contributed by atoms with van der Waals surface area (Å²) in [6.45, 7) is 3.51. The summed E-state index contributed by atoms with van der Waals surface area (Å²) in [5, 5.41) is 0. The molecular weight excluding hydrogens is 422 g/mol. The smallest absolute Gasteiger partial charge is 0.354 e. The van der Waals surface area contributed by atoms with Gasteiger partial charge in [-0.2, -0.15) is 0 Å². The van der Waals surface area contributed by atoms with Gasteiger partial charge in [-0.05, 0) is 49.2 Å². The molecule has 0 aliphatic rings. The van der Waals surface area contributed by atoms with Crippen LogP contribution in [-0.2, 0) is 18.3 Å². The van der Waals surface area contributed by atoms with Crippen LogP contribution in [0.25, 0.3) is 0 Å². The van der Waals surface area contributed by atoms with Crippen molar-refractivity contribution in [2.45, 2.75) is 20.4 Å². The lowest BCUT2D eigenvalue weighted by Crippen LogP contribution is -2.35. The zero-order valence-corrected chi connectivity index (χ0v) is 19.4. The Morgan fingerprint density at radius 1 is 1.09 bits per heavy atom. The molecule has 2 heterocycles. The number of rotatable bonds is 8. The zero-order chi connectivity index (χ0) is 24.1. The SMILES string of the molecule is COC(=O)c1c(C)c(C(=O)CN(Cc2cccnc2)C(=O)c2cccc(OC)c2)c(C)n1C. The highest BCUT2D eigenvalue weighted by Gasteiger charge is 2.28. The molecule has 33 heavy (non-hydrogen) atoms. The Labute approximate surface area is 192 Å². The molecule has 0 N–H and O–H groups in total. The highest BCUT2D eigenvalue weighted by molar-refractivity contribution is 6.06. The quantitative estimate of drug-likeness (QED) is 0.387. The van der Waals surface area contributed by atoms with E-state index in [1.807, 2.05) is 6.07 Å². The van der Waals surface area contributed by atoms with Gasteiger partial charge in [0.1, 0.15) is 11.4 Å². The zero-order valence-electron chi connectivity index (χ0n) is 19.4. The first-order valence-electron chi connectivity index (χ1n) is 10.4. The van der Waals surface area contributed by atoms with Crippen LogP contribution in [0.5, 0.6) is 5.75 Å². The van der Waals surface area contributed by atoms with Gasteiger partial charge < -0.3 is 18.9 Å². The number of amides is 1. The summed E-state index contributed by atoms with van der Waals surface area (Å²) in [5.74, 6) is -0.552. The van der Waals surface area contributed by atoms with Gasteiger partial charge in [-0.15, -0.1) is 0 Å². The predicted octanol–water partition coefficient (Wildman–Crippen LogP) is 3.36. The minimum absolute atomic E-state index is 0.169. The molecule has 8 nitrogen and oxygen atoms in total. The molecule has 0 saturated carbocycles. The number of hydrogen-bond donors (Lipinski definition) is 0. The van der Waals surface area contributed by atoms with Crippen molar-refractivity contribution >= 4 is 17.7 Å². The lowest BCUT2D eigenvalue weighted by molar-refractivity contribution is 0.0588. The highest BCUT2D eigenvalue weighted by Crippen LogP contribution is 2.24. The summed E-state index contributed by atoms with van der Waals surface area (Å²) in [4.78, 5) is 44.6. The van der Waals surface area contributed by atoms with E-state index in [1.165, 1.54) is 19.1 Å². The van der Waals surface area contributed by atoms with Gasteiger partial charge >= 0.3 is 5.97 Å². The molecule has 0 unspecified atom stereocenters. The number of esters is 1. The minimum Gasteiger partial charge on any atom is -0.497 e. The van der Waals surface area contributed by atoms with Crippen molar-refractivity contribution in [1.82, 2.24) is 14.5 Å². The van der Waals surface area contributed by atoms with Gasteiger partial charge in [0.05, 0.1) is 20.8 Å². The molecule has 2 aromatic heterocycles. The molecule has 0 saturated heterocycles. The first-order chi connectivity index (χ1) is 15.8. The van der Waals surface area contributed by atoms with Gasteiger partial charge in [-0.25, -0.2) is 4.79 Å². The van der Waals surface area contributed by atoms with Gasteiger partial charge in [-0.3, -0.25) is 14.6 Å². The lowest BCUT2D eigenvalue weighted by atomic mass is 10.0. The molecule has 0 bridgehead atoms. The number of benzene rings is 1. The molecule has 8 heteroatoms. The number of methoxy groups -OCH3 is 2. The highest BCUT2D eigenvalue weighted by atomic mass is 16.5. The maximum atomic E-state index is 13.4. The molecule has 3 aromatic rings. The van der Waals surface area contributed by atoms with Crippen LogP contribution in [0, 0.1) is 13.8 Å². The fraction of sp³-hybridized carbons (Fsp3) is 0.280. The van der Waals surface area contributed by atoms with E-state index in [0.717, 1.165) is 5.56 Å². The lowest BCUT2D eigenvalue weighted by Gasteiger charge is -2.22. The van der Waals surface area contributed by atoms with Crippen molar-refractivity contribution in [2.75, 3.05) is 20.8 Å². The summed E-state index contributed by atoms with van der Waals surface area (Å²) in [7, 11) is 4.54. The number of Topliss-reactive ketones (excluding diaryl/α,β-unsaturated/α-hetero) is 1. The molecule has 172 valence electrons. The Balaban J connectivity index is 1.97. The number of ketones is 1. The maximum Gasteiger partial charge on any atom is 0.354 e. The average molecular weight is 450 g/mol. The van der Waals surface area contributed by atoms with E-state index < -0.39 is 5.97 Å². The number of pyridine rings is 1. The summed E-state index contributed by atoms with van der Waals surface area (Å²) in [6.07, 6.45) is 3.30. The first-order valence-corrected chi connectivity index (χ1v) is 10.4. The normalized spacial score (nSPS) is 10.6. The summed E-state index contributed by atoms with van der Waals surface area (Å²) in [6, 6.07) is 10.4. The van der Waals surface area contributed by atoms with E-state index in [1.54, 1.807) is 68.2 Å². The second kappa shape index (κ2) is 10.1. The number of aromatic nitrogens is 2. The van der Waals surface area contributed by atoms with Crippen LogP contribution in [0.1, 0.15) is 48.0 Å². The Hall–Kier alpha value is -3.94. The Morgan fingerprint density at radius 2 is 1.85 bits per heavy atom. The second-order valence-electron chi connectivity index (χ2n) is 7.66. The topological polar surface area (TPSA) is 90.7 Å². The third-order valence-corrected chi connectivity index (χ3v) is 5.62. The molecule has 1 amide bonds. The molecule has 0 atom stereocenters. The summed E-state index contributed by atoms with van der Waals surface area (Å²) in [5.41, 5.74) is 3.08. The Kier molecular flexibility index (Phi) is 7.27. The molecule has 0 aliphatic carbocycles. The molecule has 1 aromatic carbocycles. The molecule has 0 aliphatic heterocycles. The summed E-state index contributed by atoms with van der Waals surface area (Å²) >= 11 is 0. The van der Waals surface area contributed by atoms with Gasteiger partial charge in [0.2, 0.25) is 0 Å². The van der Waals surface area contributed by atoms with E-state index in [-0.39, 0.29) is 24.8 Å². The number of hydrogen-bond acceptors (Lipinski definition) is 6. The van der Waals surface area contributed by atoms with E-state index in [9.17, 15) is 14.4 Å². The van der Waals surface area contributed by atoms with Crippen molar-refractivity contribution in [3.05, 3.63) is 82.4 Å². The molecule has 3 rings (SSSR count). The van der Waals surface area contributed by atoms with Crippen molar-refractivity contribution < 1.29 is 23.9 Å². The van der Waals surface area contributed by atoms with Gasteiger partial charge in [0.15, 0.2) is 5.78 Å². The number of nitrogens with zero attached hydrogens (tertiary/aromatic N) is 3. The summed E-state index contributed by atoms with van der Waals surface area (Å²) < 4.78 is 11.8. The standard InChI is InChI=1S/C25H27N3O5/c1-16-22(17(2)27(3)23(16)25(31)33-5)21(29)15-28(14-18-8-7-11-26-13-18)24(30)19-9-6-10-20(12-19)32-4/h6-13H,14-15H2,1-5H3. The van der Waals surface area contributed by atoms with Crippen LogP contribution < -0.4 is 4.74 Å². The molecular formula is C25H27N3O5. The van der Waals surface area contributed by atoms with E-state index in [0.29, 0.717) is 33.8 Å². The van der Waals surface area contributed by atoms with Crippen LogP contribution >= 0.6 is 0 Å². The third-order valence-electron chi connectivity index (χ3n) is 5.62. The number of carbonyl (C=O) groups excluding carboxylic acids is 3. The molecule has 0 radical (unpaired) electrons. The molecule has 0 fully saturated rings. The van der Waals surface area contributed by atoms with Crippen molar-refractivity contribution in [1.29, 1.82) is 0 Å². The molecule has 0 spiro atoms. The van der Waals surface area contributed by atoms with Gasteiger partial charge in [0, 0.05) is 42.8 Å². The van der Waals surface area contributed by atoms with Crippen LogP contribution in [-0.4, -0.2) is 52.9 Å². The predicted molar refractivity (Wildman–Crippen MR) is 123 cm³/mol. The van der Waals surface area contributed by atoms with E-state index in [2.05, 4.69) is 4.98 Å². The Bertz CT molecular complexity index is 1180. The first kappa shape index (κ1) is 23.7. The fourth-order valence-electron chi connectivity index (χ4n) is 3.88. The van der Waals surface area contributed by atoms with Crippen molar-refractivity contribution in [3.63, 3.8) is 0 Å². The van der Waals surface area contributed by atoms with Crippen LogP contribution in [0.2, 0.25) is 0 Å². The largest absolute Gasteiger partial charge is 0.497 e. The van der Waals surface area contributed by atoms with Crippen LogP contribution in [0.4, 0.5) is 0 Å². The maximum absolute atomic E-state index is 13.4. The van der Waals surface area contributed by atoms with E-state index in [4.69, 9.17) is 9.47 Å². The van der Waals surface area contributed by atoms with Gasteiger partial charge in [-0.1, -0.05) is 12.1 Å².